The molecule has 1 aromatic carbocycles. The molecule has 0 atom stereocenters. The number of hydrogen-bond donors (Lipinski definition) is 2. The Balaban J connectivity index is 1.44. The molecular weight excluding hydrogens is 372 g/mol. The maximum Gasteiger partial charge on any atom is 0.387 e. The van der Waals surface area contributed by atoms with Gasteiger partial charge in [-0.1, -0.05) is 31.0 Å². The zero-order chi connectivity index (χ0) is 20.1. The van der Waals surface area contributed by atoms with Gasteiger partial charge in [-0.25, -0.2) is 4.79 Å². The van der Waals surface area contributed by atoms with Crippen LogP contribution in [0.25, 0.3) is 0 Å². The number of halogens is 2. The third-order valence-corrected chi connectivity index (χ3v) is 5.15. The first-order chi connectivity index (χ1) is 13.4. The Hall–Kier alpha value is -2.71. The average Bonchev–Trinajstić information content (AvgIpc) is 3.21. The summed E-state index contributed by atoms with van der Waals surface area (Å²) in [5, 5.41) is 5.44. The highest BCUT2D eigenvalue weighted by atomic mass is 19.3. The van der Waals surface area contributed by atoms with Crippen LogP contribution in [0.3, 0.4) is 0 Å². The molecule has 0 bridgehead atoms. The van der Waals surface area contributed by atoms with Crippen molar-refractivity contribution in [2.24, 2.45) is 0 Å². The fourth-order valence-corrected chi connectivity index (χ4v) is 3.74. The molecular formula is C19H23F2N3O4. The van der Waals surface area contributed by atoms with Gasteiger partial charge >= 0.3 is 12.6 Å². The van der Waals surface area contributed by atoms with Crippen molar-refractivity contribution in [3.8, 4) is 5.75 Å². The predicted octanol–water partition coefficient (Wildman–Crippen LogP) is 2.55. The van der Waals surface area contributed by atoms with Crippen molar-refractivity contribution in [2.45, 2.75) is 57.2 Å². The molecule has 7 nitrogen and oxygen atoms in total. The van der Waals surface area contributed by atoms with Crippen LogP contribution in [0.2, 0.25) is 0 Å². The molecule has 152 valence electrons. The van der Waals surface area contributed by atoms with Crippen LogP contribution in [0.4, 0.5) is 13.6 Å². The summed E-state index contributed by atoms with van der Waals surface area (Å²) in [7, 11) is 0. The number of nitrogens with one attached hydrogen (secondary N) is 2. The summed E-state index contributed by atoms with van der Waals surface area (Å²) in [6.07, 6.45) is 3.60. The third-order valence-electron chi connectivity index (χ3n) is 5.15. The van der Waals surface area contributed by atoms with Crippen LogP contribution < -0.4 is 15.4 Å². The van der Waals surface area contributed by atoms with E-state index in [9.17, 15) is 23.2 Å². The molecule has 9 heteroatoms. The summed E-state index contributed by atoms with van der Waals surface area (Å²) in [6.45, 7) is -2.72. The lowest BCUT2D eigenvalue weighted by Crippen LogP contribution is -2.44. The van der Waals surface area contributed by atoms with E-state index in [1.165, 1.54) is 11.0 Å². The second kappa shape index (κ2) is 8.53. The molecule has 1 aliphatic heterocycles. The second-order valence-corrected chi connectivity index (χ2v) is 7.04. The topological polar surface area (TPSA) is 87.7 Å². The Kier molecular flexibility index (Phi) is 6.11. The van der Waals surface area contributed by atoms with E-state index in [-0.39, 0.29) is 37.1 Å². The maximum atomic E-state index is 12.5. The van der Waals surface area contributed by atoms with Crippen LogP contribution in [0, 0.1) is 0 Å². The molecule has 1 saturated heterocycles. The minimum atomic E-state index is -2.94. The third kappa shape index (κ3) is 4.40. The summed E-state index contributed by atoms with van der Waals surface area (Å²) in [5.41, 5.74) is -0.304. The number of urea groups is 1. The molecule has 2 fully saturated rings. The molecule has 0 aromatic heterocycles. The number of alkyl halides is 2. The van der Waals surface area contributed by atoms with E-state index in [0.717, 1.165) is 12.8 Å². The van der Waals surface area contributed by atoms with Crippen molar-refractivity contribution in [2.75, 3.05) is 6.54 Å². The van der Waals surface area contributed by atoms with E-state index in [1.807, 2.05) is 0 Å². The van der Waals surface area contributed by atoms with Crippen LogP contribution in [-0.2, 0) is 16.1 Å². The molecule has 28 heavy (non-hydrogen) atoms. The van der Waals surface area contributed by atoms with Crippen LogP contribution in [0.1, 0.15) is 44.1 Å². The first-order valence-corrected chi connectivity index (χ1v) is 9.35. The number of imide groups is 1. The van der Waals surface area contributed by atoms with Gasteiger partial charge in [-0.2, -0.15) is 8.78 Å². The van der Waals surface area contributed by atoms with E-state index in [4.69, 9.17) is 0 Å². The van der Waals surface area contributed by atoms with Gasteiger partial charge in [-0.05, 0) is 25.3 Å². The molecule has 0 radical (unpaired) electrons. The van der Waals surface area contributed by atoms with Crippen molar-refractivity contribution in [3.05, 3.63) is 29.8 Å². The van der Waals surface area contributed by atoms with Gasteiger partial charge in [0, 0.05) is 25.1 Å². The molecule has 1 aliphatic carbocycles. The minimum absolute atomic E-state index is 0.0130. The lowest BCUT2D eigenvalue weighted by Gasteiger charge is -2.19. The van der Waals surface area contributed by atoms with E-state index in [2.05, 4.69) is 15.4 Å². The number of amides is 4. The van der Waals surface area contributed by atoms with Crippen molar-refractivity contribution < 1.29 is 27.9 Å². The van der Waals surface area contributed by atoms with Gasteiger partial charge in [0.2, 0.25) is 5.91 Å². The van der Waals surface area contributed by atoms with Gasteiger partial charge in [-0.15, -0.1) is 0 Å². The van der Waals surface area contributed by atoms with Gasteiger partial charge in [0.1, 0.15) is 11.3 Å². The van der Waals surface area contributed by atoms with E-state index < -0.39 is 18.2 Å². The SMILES string of the molecule is O=C(CCCN1C(=O)NC2(CCCC2)C1=O)NCc1ccccc1OC(F)F. The molecule has 2 aliphatic rings. The second-order valence-electron chi connectivity index (χ2n) is 7.04. The highest BCUT2D eigenvalue weighted by Crippen LogP contribution is 2.35. The van der Waals surface area contributed by atoms with Crippen molar-refractivity contribution in [3.63, 3.8) is 0 Å². The smallest absolute Gasteiger partial charge is 0.387 e. The Bertz CT molecular complexity index is 750. The molecule has 0 unspecified atom stereocenters. The zero-order valence-electron chi connectivity index (χ0n) is 15.4. The Morgan fingerprint density at radius 2 is 1.96 bits per heavy atom. The fraction of sp³-hybridized carbons (Fsp3) is 0.526. The Morgan fingerprint density at radius 1 is 1.25 bits per heavy atom. The zero-order valence-corrected chi connectivity index (χ0v) is 15.4. The lowest BCUT2D eigenvalue weighted by molar-refractivity contribution is -0.131. The quantitative estimate of drug-likeness (QED) is 0.663. The molecule has 4 amide bonds. The van der Waals surface area contributed by atoms with E-state index in [0.29, 0.717) is 24.8 Å². The molecule has 3 rings (SSSR count). The van der Waals surface area contributed by atoms with Crippen molar-refractivity contribution in [1.29, 1.82) is 0 Å². The van der Waals surface area contributed by atoms with E-state index >= 15 is 0 Å². The largest absolute Gasteiger partial charge is 0.434 e. The number of hydrogen-bond acceptors (Lipinski definition) is 4. The monoisotopic (exact) mass is 395 g/mol. The molecule has 1 heterocycles. The Labute approximate surface area is 161 Å². The normalized spacial score (nSPS) is 18.0. The van der Waals surface area contributed by atoms with Gasteiger partial charge in [0.25, 0.3) is 5.91 Å². The number of rotatable bonds is 8. The van der Waals surface area contributed by atoms with Crippen molar-refractivity contribution >= 4 is 17.8 Å². The summed E-state index contributed by atoms with van der Waals surface area (Å²) < 4.78 is 29.2. The Morgan fingerprint density at radius 3 is 2.68 bits per heavy atom. The van der Waals surface area contributed by atoms with E-state index in [1.54, 1.807) is 18.2 Å². The summed E-state index contributed by atoms with van der Waals surface area (Å²) in [6, 6.07) is 5.83. The van der Waals surface area contributed by atoms with Gasteiger partial charge in [-0.3, -0.25) is 14.5 Å². The standard InChI is InChI=1S/C19H23F2N3O4/c20-17(21)28-14-7-2-1-6-13(14)12-22-15(25)8-5-11-24-16(26)19(23-18(24)27)9-3-4-10-19/h1-2,6-7,17H,3-5,8-12H2,(H,22,25)(H,23,27). The highest BCUT2D eigenvalue weighted by Gasteiger charge is 2.51. The first-order valence-electron chi connectivity index (χ1n) is 9.35. The lowest BCUT2D eigenvalue weighted by atomic mass is 9.98. The van der Waals surface area contributed by atoms with Crippen LogP contribution >= 0.6 is 0 Å². The minimum Gasteiger partial charge on any atom is -0.434 e. The van der Waals surface area contributed by atoms with Crippen LogP contribution in [0.5, 0.6) is 5.75 Å². The first kappa shape index (κ1) is 20.0. The summed E-state index contributed by atoms with van der Waals surface area (Å²) in [4.78, 5) is 37.8. The molecule has 1 spiro atoms. The van der Waals surface area contributed by atoms with Crippen LogP contribution in [0.15, 0.2) is 24.3 Å². The number of ether oxygens (including phenoxy) is 1. The van der Waals surface area contributed by atoms with Gasteiger partial charge in [0.15, 0.2) is 0 Å². The number of nitrogens with zero attached hydrogens (tertiary/aromatic N) is 1. The van der Waals surface area contributed by atoms with Gasteiger partial charge in [0.05, 0.1) is 0 Å². The fourth-order valence-electron chi connectivity index (χ4n) is 3.74. The van der Waals surface area contributed by atoms with Gasteiger partial charge < -0.3 is 15.4 Å². The predicted molar refractivity (Wildman–Crippen MR) is 95.6 cm³/mol. The maximum absolute atomic E-state index is 12.5. The summed E-state index contributed by atoms with van der Waals surface area (Å²) >= 11 is 0. The highest BCUT2D eigenvalue weighted by molar-refractivity contribution is 6.07. The van der Waals surface area contributed by atoms with Crippen molar-refractivity contribution in [1.82, 2.24) is 15.5 Å². The number of carbonyl (C=O) groups excluding carboxylic acids is 3. The molecule has 2 N–H and O–H groups in total. The average molecular weight is 395 g/mol. The number of benzene rings is 1. The molecule has 1 saturated carbocycles. The number of carbonyl (C=O) groups is 3. The number of para-hydroxylation sites is 1. The molecule has 1 aromatic rings. The summed E-state index contributed by atoms with van der Waals surface area (Å²) in [5.74, 6) is -0.484. The van der Waals surface area contributed by atoms with Crippen LogP contribution in [-0.4, -0.2) is 41.4 Å².